The predicted octanol–water partition coefficient (Wildman–Crippen LogP) is 3.05. The minimum atomic E-state index is -1.17. The van der Waals surface area contributed by atoms with Crippen molar-refractivity contribution < 1.29 is 9.18 Å². The van der Waals surface area contributed by atoms with Crippen molar-refractivity contribution in [3.8, 4) is 0 Å². The van der Waals surface area contributed by atoms with Gasteiger partial charge in [-0.15, -0.1) is 5.10 Å². The Bertz CT molecular complexity index is 770. The summed E-state index contributed by atoms with van der Waals surface area (Å²) in [4.78, 5) is 19.0. The largest absolute Gasteiger partial charge is 0.330 e. The average Bonchev–Trinajstić information content (AvgIpc) is 3.52. The Morgan fingerprint density at radius 2 is 1.79 bits per heavy atom. The summed E-state index contributed by atoms with van der Waals surface area (Å²) in [5.41, 5.74) is 1.00. The Morgan fingerprint density at radius 3 is 2.42 bits per heavy atom. The van der Waals surface area contributed by atoms with Gasteiger partial charge in [-0.2, -0.15) is 0 Å². The first-order valence-electron chi connectivity index (χ1n) is 8.70. The minimum Gasteiger partial charge on any atom is -0.330 e. The summed E-state index contributed by atoms with van der Waals surface area (Å²) >= 11 is 0. The Morgan fingerprint density at radius 1 is 1.12 bits per heavy atom. The van der Waals surface area contributed by atoms with Gasteiger partial charge in [-0.05, 0) is 31.2 Å². The molecule has 6 heteroatoms. The van der Waals surface area contributed by atoms with Crippen molar-refractivity contribution in [1.29, 1.82) is 0 Å². The minimum absolute atomic E-state index is 0.124. The van der Waals surface area contributed by atoms with Crippen molar-refractivity contribution in [3.05, 3.63) is 47.5 Å². The topological polar surface area (TPSA) is 51.0 Å². The van der Waals surface area contributed by atoms with Gasteiger partial charge in [-0.3, -0.25) is 4.79 Å². The van der Waals surface area contributed by atoms with Crippen molar-refractivity contribution in [2.24, 2.45) is 0 Å². The molecule has 3 aliphatic rings. The van der Waals surface area contributed by atoms with Crippen LogP contribution in [-0.4, -0.2) is 37.7 Å². The standard InChI is InChI=1S/C18H19FN4O/c19-14-10-15(11-4-2-1-3-5-11)23-17(14)20-16(21-23)18(24)22(12-6-7-12)13-8-9-13/h1-5,12-15H,6-10H2/t14-,15-/m0/s1. The molecule has 0 N–H and O–H groups in total. The van der Waals surface area contributed by atoms with Crippen molar-refractivity contribution in [3.63, 3.8) is 0 Å². The molecular formula is C18H19FN4O. The maximum atomic E-state index is 14.4. The molecule has 1 aliphatic heterocycles. The quantitative estimate of drug-likeness (QED) is 0.868. The lowest BCUT2D eigenvalue weighted by molar-refractivity contribution is 0.0716. The van der Waals surface area contributed by atoms with E-state index in [-0.39, 0.29) is 17.8 Å². The second-order valence-electron chi connectivity index (χ2n) is 7.04. The normalized spacial score (nSPS) is 25.5. The zero-order valence-electron chi connectivity index (χ0n) is 13.3. The number of rotatable bonds is 4. The summed E-state index contributed by atoms with van der Waals surface area (Å²) in [5, 5.41) is 4.41. The van der Waals surface area contributed by atoms with Gasteiger partial charge in [0, 0.05) is 18.5 Å². The molecule has 1 aromatic heterocycles. The van der Waals surface area contributed by atoms with Gasteiger partial charge < -0.3 is 4.90 Å². The molecular weight excluding hydrogens is 307 g/mol. The highest BCUT2D eigenvalue weighted by Crippen LogP contribution is 2.41. The maximum absolute atomic E-state index is 14.4. The monoisotopic (exact) mass is 326 g/mol. The molecule has 2 aliphatic carbocycles. The van der Waals surface area contributed by atoms with Crippen LogP contribution in [0.2, 0.25) is 0 Å². The van der Waals surface area contributed by atoms with E-state index in [4.69, 9.17) is 0 Å². The van der Waals surface area contributed by atoms with E-state index >= 15 is 0 Å². The fourth-order valence-corrected chi connectivity index (χ4v) is 3.67. The van der Waals surface area contributed by atoms with Crippen molar-refractivity contribution >= 4 is 5.91 Å². The zero-order valence-corrected chi connectivity index (χ0v) is 13.3. The summed E-state index contributed by atoms with van der Waals surface area (Å²) in [7, 11) is 0. The van der Waals surface area contributed by atoms with E-state index < -0.39 is 6.17 Å². The van der Waals surface area contributed by atoms with Gasteiger partial charge in [0.1, 0.15) is 0 Å². The average molecular weight is 326 g/mol. The van der Waals surface area contributed by atoms with Gasteiger partial charge in [-0.1, -0.05) is 30.3 Å². The number of halogens is 1. The number of fused-ring (bicyclic) bond motifs is 1. The van der Waals surface area contributed by atoms with Gasteiger partial charge in [-0.25, -0.2) is 14.1 Å². The first-order valence-corrected chi connectivity index (χ1v) is 8.70. The molecule has 1 aromatic carbocycles. The van der Waals surface area contributed by atoms with Crippen LogP contribution in [0.1, 0.15) is 66.3 Å². The molecule has 0 radical (unpaired) electrons. The van der Waals surface area contributed by atoms with Crippen LogP contribution in [0.5, 0.6) is 0 Å². The molecule has 0 saturated heterocycles. The first kappa shape index (κ1) is 14.1. The third-order valence-corrected chi connectivity index (χ3v) is 5.15. The van der Waals surface area contributed by atoms with Gasteiger partial charge in [0.25, 0.3) is 5.91 Å². The number of carbonyl (C=O) groups is 1. The van der Waals surface area contributed by atoms with Gasteiger partial charge in [0.05, 0.1) is 6.04 Å². The molecule has 0 spiro atoms. The van der Waals surface area contributed by atoms with E-state index in [1.807, 2.05) is 35.2 Å². The van der Waals surface area contributed by atoms with Crippen LogP contribution in [0.3, 0.4) is 0 Å². The number of hydrogen-bond acceptors (Lipinski definition) is 3. The third-order valence-electron chi connectivity index (χ3n) is 5.15. The summed E-state index contributed by atoms with van der Waals surface area (Å²) in [6.07, 6.45) is 3.42. The van der Waals surface area contributed by atoms with E-state index in [1.54, 1.807) is 4.68 Å². The molecule has 0 bridgehead atoms. The molecule has 124 valence electrons. The third kappa shape index (κ3) is 2.24. The van der Waals surface area contributed by atoms with Crippen LogP contribution in [0.4, 0.5) is 4.39 Å². The van der Waals surface area contributed by atoms with E-state index in [0.717, 1.165) is 31.2 Å². The Labute approximate surface area is 139 Å². The van der Waals surface area contributed by atoms with Crippen LogP contribution in [0.25, 0.3) is 0 Å². The number of benzene rings is 1. The molecule has 2 fully saturated rings. The molecule has 5 rings (SSSR count). The molecule has 24 heavy (non-hydrogen) atoms. The second-order valence-corrected chi connectivity index (χ2v) is 7.04. The SMILES string of the molecule is O=C(c1nc2n(n1)[C@H](c1ccccc1)C[C@@H]2F)N(C1CC1)C1CC1. The number of aromatic nitrogens is 3. The van der Waals surface area contributed by atoms with Crippen molar-refractivity contribution in [2.75, 3.05) is 0 Å². The lowest BCUT2D eigenvalue weighted by Crippen LogP contribution is -2.36. The van der Waals surface area contributed by atoms with E-state index in [0.29, 0.717) is 24.3 Å². The van der Waals surface area contributed by atoms with Crippen LogP contribution in [0.15, 0.2) is 30.3 Å². The molecule has 2 saturated carbocycles. The Balaban J connectivity index is 1.48. The number of nitrogens with zero attached hydrogens (tertiary/aromatic N) is 4. The van der Waals surface area contributed by atoms with E-state index in [1.165, 1.54) is 0 Å². The van der Waals surface area contributed by atoms with Gasteiger partial charge in [0.15, 0.2) is 12.0 Å². The van der Waals surface area contributed by atoms with Crippen molar-refractivity contribution in [2.45, 2.75) is 56.4 Å². The Hall–Kier alpha value is -2.24. The van der Waals surface area contributed by atoms with Crippen LogP contribution < -0.4 is 0 Å². The maximum Gasteiger partial charge on any atom is 0.294 e. The number of alkyl halides is 1. The van der Waals surface area contributed by atoms with Crippen LogP contribution in [-0.2, 0) is 0 Å². The lowest BCUT2D eigenvalue weighted by Gasteiger charge is -2.20. The lowest BCUT2D eigenvalue weighted by atomic mass is 10.0. The van der Waals surface area contributed by atoms with Crippen molar-refractivity contribution in [1.82, 2.24) is 19.7 Å². The highest BCUT2D eigenvalue weighted by atomic mass is 19.1. The van der Waals surface area contributed by atoms with Gasteiger partial charge in [0.2, 0.25) is 5.82 Å². The van der Waals surface area contributed by atoms with Crippen LogP contribution >= 0.6 is 0 Å². The highest BCUT2D eigenvalue weighted by molar-refractivity contribution is 5.91. The molecule has 0 unspecified atom stereocenters. The number of amides is 1. The molecule has 1 amide bonds. The fraction of sp³-hybridized carbons (Fsp3) is 0.500. The first-order chi connectivity index (χ1) is 11.7. The molecule has 2 heterocycles. The fourth-order valence-electron chi connectivity index (χ4n) is 3.67. The number of hydrogen-bond donors (Lipinski definition) is 0. The number of carbonyl (C=O) groups excluding carboxylic acids is 1. The van der Waals surface area contributed by atoms with Crippen LogP contribution in [0, 0.1) is 0 Å². The summed E-state index contributed by atoms with van der Waals surface area (Å²) in [6.45, 7) is 0. The summed E-state index contributed by atoms with van der Waals surface area (Å²) < 4.78 is 16.0. The molecule has 5 nitrogen and oxygen atoms in total. The van der Waals surface area contributed by atoms with Gasteiger partial charge >= 0.3 is 0 Å². The van der Waals surface area contributed by atoms with E-state index in [2.05, 4.69) is 10.1 Å². The summed E-state index contributed by atoms with van der Waals surface area (Å²) in [6, 6.07) is 10.2. The molecule has 2 atom stereocenters. The molecule has 2 aromatic rings. The van der Waals surface area contributed by atoms with E-state index in [9.17, 15) is 9.18 Å². The smallest absolute Gasteiger partial charge is 0.294 e. The second kappa shape index (κ2) is 5.13. The zero-order chi connectivity index (χ0) is 16.3. The summed E-state index contributed by atoms with van der Waals surface area (Å²) in [5.74, 6) is 0.326. The predicted molar refractivity (Wildman–Crippen MR) is 85.3 cm³/mol. The highest BCUT2D eigenvalue weighted by Gasteiger charge is 2.44. The Kier molecular flexibility index (Phi) is 3.02.